The third kappa shape index (κ3) is 6.82. The molecule has 0 aromatic heterocycles. The van der Waals surface area contributed by atoms with Gasteiger partial charge >= 0.3 is 5.97 Å². The Kier molecular flexibility index (Phi) is 11.5. The van der Waals surface area contributed by atoms with E-state index in [0.717, 1.165) is 12.8 Å². The zero-order valence-corrected chi connectivity index (χ0v) is 27.7. The summed E-state index contributed by atoms with van der Waals surface area (Å²) in [6.45, 7) is 9.96. The summed E-state index contributed by atoms with van der Waals surface area (Å²) < 4.78 is 12.8. The maximum atomic E-state index is 14.7. The number of ether oxygens (including phenoxy) is 2. The molecule has 0 unspecified atom stereocenters. The highest BCUT2D eigenvalue weighted by Gasteiger charge is 2.75. The van der Waals surface area contributed by atoms with Crippen molar-refractivity contribution in [2.75, 3.05) is 26.2 Å². The molecule has 0 aliphatic carbocycles. The van der Waals surface area contributed by atoms with E-state index in [9.17, 15) is 24.3 Å². The van der Waals surface area contributed by atoms with E-state index in [1.54, 1.807) is 17.1 Å². The van der Waals surface area contributed by atoms with E-state index in [-0.39, 0.29) is 24.8 Å². The van der Waals surface area contributed by atoms with E-state index in [1.807, 2.05) is 67.6 Å². The quantitative estimate of drug-likeness (QED) is 0.192. The Morgan fingerprint density at radius 3 is 2.42 bits per heavy atom. The second-order valence-electron chi connectivity index (χ2n) is 12.8. The Hall–Kier alpha value is -4.28. The molecule has 256 valence electrons. The van der Waals surface area contributed by atoms with Crippen LogP contribution in [0.15, 0.2) is 86.0 Å². The lowest BCUT2D eigenvalue weighted by atomic mass is 9.70. The van der Waals surface area contributed by atoms with Crippen molar-refractivity contribution in [2.24, 2.45) is 11.8 Å². The molecule has 0 saturated carbocycles. The number of amides is 3. The summed E-state index contributed by atoms with van der Waals surface area (Å²) in [4.78, 5) is 59.2. The Morgan fingerprint density at radius 1 is 1.10 bits per heavy atom. The van der Waals surface area contributed by atoms with Crippen molar-refractivity contribution in [1.29, 1.82) is 0 Å². The van der Waals surface area contributed by atoms with E-state index >= 15 is 0 Å². The number of rotatable bonds is 17. The summed E-state index contributed by atoms with van der Waals surface area (Å²) in [5.41, 5.74) is 0.107. The Labute approximate surface area is 282 Å². The maximum Gasteiger partial charge on any atom is 0.313 e. The molecule has 3 aliphatic heterocycles. The first-order valence-electron chi connectivity index (χ1n) is 17.0. The largest absolute Gasteiger partial charge is 0.455 e. The Bertz CT molecular complexity index is 1470. The standard InChI is InChI=1S/C38H47N3O7/c1-4-7-19-31(43)39-24-30(27-17-13-10-14-18-27)47-37(46)32-29-20-21-38(48-29)33(32)35(44)41(28(25-42)26-15-11-9-12-16-26)34(38)36(45)40(22-6-3)23-8-5-2/h4,6,9-18,28-30,32-34,42H,1,3,5,7-8,19-25H2,2H3,(H,39,43)/t28-,29-,30-,32+,33+,34-,38+/m1/s1. The number of fused-ring (bicyclic) bond motifs is 1. The lowest BCUT2D eigenvalue weighted by Crippen LogP contribution is -2.57. The van der Waals surface area contributed by atoms with Crippen LogP contribution in [0.25, 0.3) is 0 Å². The van der Waals surface area contributed by atoms with E-state index in [1.165, 1.54) is 4.90 Å². The van der Waals surface area contributed by atoms with Gasteiger partial charge in [-0.2, -0.15) is 0 Å². The molecule has 48 heavy (non-hydrogen) atoms. The van der Waals surface area contributed by atoms with Crippen LogP contribution in [0.4, 0.5) is 0 Å². The molecule has 3 heterocycles. The van der Waals surface area contributed by atoms with E-state index in [4.69, 9.17) is 9.47 Å². The lowest BCUT2D eigenvalue weighted by Gasteiger charge is -2.39. The molecule has 10 heteroatoms. The highest BCUT2D eigenvalue weighted by atomic mass is 16.6. The van der Waals surface area contributed by atoms with Gasteiger partial charge in [-0.05, 0) is 36.8 Å². The molecule has 3 aliphatic rings. The number of aliphatic hydroxyl groups excluding tert-OH is 1. The average Bonchev–Trinajstić information content (AvgIpc) is 3.76. The number of aliphatic hydroxyl groups is 1. The molecule has 2 aromatic rings. The first kappa shape index (κ1) is 35.0. The number of hydrogen-bond acceptors (Lipinski definition) is 7. The van der Waals surface area contributed by atoms with Crippen LogP contribution in [0.1, 0.15) is 68.7 Å². The van der Waals surface area contributed by atoms with Gasteiger partial charge in [0.05, 0.1) is 37.1 Å². The molecular weight excluding hydrogens is 610 g/mol. The number of likely N-dealkylation sites (tertiary alicyclic amines) is 1. The van der Waals surface area contributed by atoms with Crippen LogP contribution in [0.5, 0.6) is 0 Å². The summed E-state index contributed by atoms with van der Waals surface area (Å²) in [5, 5.41) is 13.6. The second-order valence-corrected chi connectivity index (χ2v) is 12.8. The topological polar surface area (TPSA) is 125 Å². The first-order chi connectivity index (χ1) is 23.3. The van der Waals surface area contributed by atoms with Crippen LogP contribution in [0.2, 0.25) is 0 Å². The van der Waals surface area contributed by atoms with Gasteiger partial charge in [0, 0.05) is 19.5 Å². The van der Waals surface area contributed by atoms with Crippen molar-refractivity contribution >= 4 is 23.7 Å². The fraction of sp³-hybridized carbons (Fsp3) is 0.474. The average molecular weight is 658 g/mol. The number of benzene rings is 2. The number of allylic oxidation sites excluding steroid dienone is 1. The van der Waals surface area contributed by atoms with Gasteiger partial charge in [0.25, 0.3) is 0 Å². The van der Waals surface area contributed by atoms with E-state index in [2.05, 4.69) is 18.5 Å². The van der Waals surface area contributed by atoms with Crippen LogP contribution in [0, 0.1) is 11.8 Å². The third-order valence-electron chi connectivity index (χ3n) is 9.87. The summed E-state index contributed by atoms with van der Waals surface area (Å²) >= 11 is 0. The molecule has 7 atom stereocenters. The summed E-state index contributed by atoms with van der Waals surface area (Å²) in [5.74, 6) is -3.45. The number of hydrogen-bond donors (Lipinski definition) is 2. The molecule has 10 nitrogen and oxygen atoms in total. The third-order valence-corrected chi connectivity index (χ3v) is 9.87. The minimum Gasteiger partial charge on any atom is -0.455 e. The van der Waals surface area contributed by atoms with Crippen molar-refractivity contribution in [1.82, 2.24) is 15.1 Å². The van der Waals surface area contributed by atoms with Gasteiger partial charge in [-0.1, -0.05) is 86.2 Å². The van der Waals surface area contributed by atoms with Crippen LogP contribution < -0.4 is 5.32 Å². The minimum absolute atomic E-state index is 0.0511. The normalized spacial score (nSPS) is 25.2. The molecule has 5 rings (SSSR count). The van der Waals surface area contributed by atoms with Gasteiger partial charge in [-0.3, -0.25) is 19.2 Å². The zero-order chi connectivity index (χ0) is 34.3. The number of nitrogens with zero attached hydrogens (tertiary/aromatic N) is 2. The SMILES string of the molecule is C=CCCC(=O)NC[C@@H](OC(=O)[C@@H]1[C@H]2C(=O)N([C@H](CO)c3ccccc3)[C@H](C(=O)N(CC=C)CCCC)[C@]23CC[C@H]1O3)c1ccccc1. The molecule has 3 amide bonds. The van der Waals surface area contributed by atoms with Crippen molar-refractivity contribution in [3.8, 4) is 0 Å². The fourth-order valence-corrected chi connectivity index (χ4v) is 7.61. The van der Waals surface area contributed by atoms with Gasteiger partial charge < -0.3 is 29.7 Å². The molecule has 2 bridgehead atoms. The van der Waals surface area contributed by atoms with Crippen LogP contribution in [0.3, 0.4) is 0 Å². The van der Waals surface area contributed by atoms with Crippen LogP contribution >= 0.6 is 0 Å². The van der Waals surface area contributed by atoms with E-state index < -0.39 is 60.2 Å². The number of nitrogens with one attached hydrogen (secondary N) is 1. The number of esters is 1. The Balaban J connectivity index is 1.49. The van der Waals surface area contributed by atoms with Crippen LogP contribution in [-0.4, -0.2) is 82.6 Å². The first-order valence-corrected chi connectivity index (χ1v) is 17.0. The zero-order valence-electron chi connectivity index (χ0n) is 27.7. The molecule has 1 spiro atoms. The highest BCUT2D eigenvalue weighted by molar-refractivity contribution is 5.98. The van der Waals surface area contributed by atoms with Crippen molar-refractivity contribution in [3.63, 3.8) is 0 Å². The van der Waals surface area contributed by atoms with Gasteiger partial charge in [-0.15, -0.1) is 13.2 Å². The fourth-order valence-electron chi connectivity index (χ4n) is 7.61. The van der Waals surface area contributed by atoms with Crippen molar-refractivity contribution in [3.05, 3.63) is 97.1 Å². The second kappa shape index (κ2) is 15.7. The molecule has 2 aromatic carbocycles. The van der Waals surface area contributed by atoms with Gasteiger partial charge in [0.2, 0.25) is 17.7 Å². The molecule has 2 N–H and O–H groups in total. The van der Waals surface area contributed by atoms with Crippen molar-refractivity contribution in [2.45, 2.75) is 75.3 Å². The van der Waals surface area contributed by atoms with Gasteiger partial charge in [0.1, 0.15) is 17.7 Å². The van der Waals surface area contributed by atoms with Gasteiger partial charge in [0.15, 0.2) is 0 Å². The van der Waals surface area contributed by atoms with Crippen molar-refractivity contribution < 1.29 is 33.8 Å². The molecule has 3 saturated heterocycles. The summed E-state index contributed by atoms with van der Waals surface area (Å²) in [6, 6.07) is 16.4. The molecule has 3 fully saturated rings. The molecular formula is C38H47N3O7. The minimum atomic E-state index is -1.27. The smallest absolute Gasteiger partial charge is 0.313 e. The maximum absolute atomic E-state index is 14.7. The monoisotopic (exact) mass is 657 g/mol. The molecule has 0 radical (unpaired) electrons. The number of carbonyl (C=O) groups excluding carboxylic acids is 4. The summed E-state index contributed by atoms with van der Waals surface area (Å²) in [6.07, 6.45) is 5.21. The highest BCUT2D eigenvalue weighted by Crippen LogP contribution is 2.60. The van der Waals surface area contributed by atoms with Gasteiger partial charge in [-0.25, -0.2) is 0 Å². The number of carbonyl (C=O) groups is 4. The Morgan fingerprint density at radius 2 is 1.79 bits per heavy atom. The van der Waals surface area contributed by atoms with E-state index in [0.29, 0.717) is 43.5 Å². The summed E-state index contributed by atoms with van der Waals surface area (Å²) in [7, 11) is 0. The lowest BCUT2D eigenvalue weighted by molar-refractivity contribution is -0.161. The van der Waals surface area contributed by atoms with Crippen LogP contribution in [-0.2, 0) is 28.7 Å². The number of unbranched alkanes of at least 4 members (excludes halogenated alkanes) is 1. The predicted octanol–water partition coefficient (Wildman–Crippen LogP) is 4.28. The predicted molar refractivity (Wildman–Crippen MR) is 180 cm³/mol.